The normalized spacial score (nSPS) is 10.3. The molecule has 4 nitrogen and oxygen atoms in total. The molecule has 0 aliphatic rings. The van der Waals surface area contributed by atoms with Crippen molar-refractivity contribution in [2.45, 2.75) is 0 Å². The van der Waals surface area contributed by atoms with Gasteiger partial charge in [0, 0.05) is 0 Å². The monoisotopic (exact) mass is 189 g/mol. The number of hydrogen-bond acceptors (Lipinski definition) is 3. The quantitative estimate of drug-likeness (QED) is 0.553. The first-order valence-electron chi connectivity index (χ1n) is 4.04. The third kappa shape index (κ3) is 1.26. The molecule has 1 N–H and O–H groups in total. The summed E-state index contributed by atoms with van der Waals surface area (Å²) >= 11 is 0. The van der Waals surface area contributed by atoms with Crippen LogP contribution >= 0.6 is 0 Å². The number of phenols is 1. The van der Waals surface area contributed by atoms with E-state index in [9.17, 15) is 15.2 Å². The molecule has 0 unspecified atom stereocenters. The van der Waals surface area contributed by atoms with Crippen molar-refractivity contribution in [2.24, 2.45) is 0 Å². The third-order valence-corrected chi connectivity index (χ3v) is 2.02. The summed E-state index contributed by atoms with van der Waals surface area (Å²) in [7, 11) is 0. The fourth-order valence-corrected chi connectivity index (χ4v) is 1.43. The summed E-state index contributed by atoms with van der Waals surface area (Å²) in [6, 6.07) is 9.54. The second-order valence-electron chi connectivity index (χ2n) is 2.94. The highest BCUT2D eigenvalue weighted by atomic mass is 16.6. The van der Waals surface area contributed by atoms with Crippen LogP contribution in [0.1, 0.15) is 0 Å². The van der Waals surface area contributed by atoms with Crippen LogP contribution in [-0.2, 0) is 0 Å². The molecule has 70 valence electrons. The molecular formula is C10H7NO3. The first kappa shape index (κ1) is 8.50. The SMILES string of the molecule is O=[N+]([O-])c1cc(O)cc2ccccc12. The average molecular weight is 189 g/mol. The molecule has 2 aromatic carbocycles. The average Bonchev–Trinajstić information content (AvgIpc) is 2.16. The zero-order valence-corrected chi connectivity index (χ0v) is 7.18. The van der Waals surface area contributed by atoms with E-state index in [4.69, 9.17) is 0 Å². The van der Waals surface area contributed by atoms with Crippen LogP contribution in [0.15, 0.2) is 36.4 Å². The van der Waals surface area contributed by atoms with Crippen molar-refractivity contribution in [1.82, 2.24) is 0 Å². The van der Waals surface area contributed by atoms with Gasteiger partial charge in [-0.05, 0) is 17.5 Å². The van der Waals surface area contributed by atoms with Crippen LogP contribution in [0.3, 0.4) is 0 Å². The Balaban J connectivity index is 2.87. The number of rotatable bonds is 1. The van der Waals surface area contributed by atoms with Crippen LogP contribution in [0.2, 0.25) is 0 Å². The van der Waals surface area contributed by atoms with Crippen molar-refractivity contribution in [3.05, 3.63) is 46.5 Å². The van der Waals surface area contributed by atoms with Crippen LogP contribution in [0.4, 0.5) is 5.69 Å². The van der Waals surface area contributed by atoms with Gasteiger partial charge in [0.1, 0.15) is 5.75 Å². The van der Waals surface area contributed by atoms with Gasteiger partial charge in [-0.25, -0.2) is 0 Å². The maximum Gasteiger partial charge on any atom is 0.280 e. The Morgan fingerprint density at radius 2 is 1.93 bits per heavy atom. The highest BCUT2D eigenvalue weighted by Crippen LogP contribution is 2.29. The van der Waals surface area contributed by atoms with Crippen molar-refractivity contribution in [3.8, 4) is 5.75 Å². The van der Waals surface area contributed by atoms with Gasteiger partial charge in [-0.3, -0.25) is 10.1 Å². The summed E-state index contributed by atoms with van der Waals surface area (Å²) in [6.07, 6.45) is 0. The lowest BCUT2D eigenvalue weighted by atomic mass is 10.1. The van der Waals surface area contributed by atoms with Gasteiger partial charge in [-0.15, -0.1) is 0 Å². The molecule has 0 saturated carbocycles. The summed E-state index contributed by atoms with van der Waals surface area (Å²) in [6.45, 7) is 0. The Labute approximate surface area is 79.6 Å². The second kappa shape index (κ2) is 2.99. The molecule has 0 aliphatic carbocycles. The highest BCUT2D eigenvalue weighted by molar-refractivity contribution is 5.92. The predicted molar refractivity (Wildman–Crippen MR) is 52.3 cm³/mol. The summed E-state index contributed by atoms with van der Waals surface area (Å²) in [5, 5.41) is 21.1. The van der Waals surface area contributed by atoms with Crippen LogP contribution in [0, 0.1) is 10.1 Å². The predicted octanol–water partition coefficient (Wildman–Crippen LogP) is 2.45. The van der Waals surface area contributed by atoms with Crippen LogP contribution in [-0.4, -0.2) is 10.0 Å². The number of fused-ring (bicyclic) bond motifs is 1. The Morgan fingerprint density at radius 1 is 1.21 bits per heavy atom. The number of phenolic OH excluding ortho intramolecular Hbond substituents is 1. The molecule has 0 fully saturated rings. The standard InChI is InChI=1S/C10H7NO3/c12-8-5-7-3-1-2-4-9(7)10(6-8)11(13)14/h1-6,12H. The summed E-state index contributed by atoms with van der Waals surface area (Å²) in [5.41, 5.74) is -0.0689. The zero-order chi connectivity index (χ0) is 10.1. The van der Waals surface area contributed by atoms with Gasteiger partial charge in [0.25, 0.3) is 5.69 Å². The van der Waals surface area contributed by atoms with E-state index < -0.39 is 4.92 Å². The van der Waals surface area contributed by atoms with Gasteiger partial charge < -0.3 is 5.11 Å². The lowest BCUT2D eigenvalue weighted by molar-refractivity contribution is -0.383. The number of aromatic hydroxyl groups is 1. The minimum Gasteiger partial charge on any atom is -0.508 e. The summed E-state index contributed by atoms with van der Waals surface area (Å²) in [4.78, 5) is 10.2. The van der Waals surface area contributed by atoms with Crippen LogP contribution < -0.4 is 0 Å². The van der Waals surface area contributed by atoms with E-state index in [0.29, 0.717) is 10.8 Å². The number of non-ortho nitro benzene ring substituents is 1. The Hall–Kier alpha value is -2.10. The van der Waals surface area contributed by atoms with Crippen molar-refractivity contribution in [3.63, 3.8) is 0 Å². The van der Waals surface area contributed by atoms with E-state index in [-0.39, 0.29) is 11.4 Å². The topological polar surface area (TPSA) is 63.4 Å². The van der Waals surface area contributed by atoms with E-state index in [1.54, 1.807) is 24.3 Å². The molecule has 0 spiro atoms. The molecule has 0 saturated heterocycles. The van der Waals surface area contributed by atoms with Crippen molar-refractivity contribution in [1.29, 1.82) is 0 Å². The molecule has 2 rings (SSSR count). The van der Waals surface area contributed by atoms with Crippen LogP contribution in [0.5, 0.6) is 5.75 Å². The van der Waals surface area contributed by atoms with Gasteiger partial charge in [-0.2, -0.15) is 0 Å². The van der Waals surface area contributed by atoms with Crippen molar-refractivity contribution >= 4 is 16.5 Å². The minimum atomic E-state index is -0.498. The molecule has 2 aromatic rings. The Kier molecular flexibility index (Phi) is 1.81. The maximum absolute atomic E-state index is 10.7. The number of benzene rings is 2. The number of nitro benzene ring substituents is 1. The molecule has 4 heteroatoms. The smallest absolute Gasteiger partial charge is 0.280 e. The largest absolute Gasteiger partial charge is 0.508 e. The number of nitrogens with zero attached hydrogens (tertiary/aromatic N) is 1. The van der Waals surface area contributed by atoms with E-state index in [2.05, 4.69) is 0 Å². The van der Waals surface area contributed by atoms with Crippen molar-refractivity contribution < 1.29 is 10.0 Å². The molecule has 0 heterocycles. The highest BCUT2D eigenvalue weighted by Gasteiger charge is 2.12. The summed E-state index contributed by atoms with van der Waals surface area (Å²) < 4.78 is 0. The van der Waals surface area contributed by atoms with E-state index in [1.807, 2.05) is 0 Å². The third-order valence-electron chi connectivity index (χ3n) is 2.02. The first-order chi connectivity index (χ1) is 6.68. The van der Waals surface area contributed by atoms with Gasteiger partial charge in [-0.1, -0.05) is 18.2 Å². The first-order valence-corrected chi connectivity index (χ1v) is 4.04. The minimum absolute atomic E-state index is 0.0689. The molecule has 0 bridgehead atoms. The zero-order valence-electron chi connectivity index (χ0n) is 7.18. The fraction of sp³-hybridized carbons (Fsp3) is 0. The van der Waals surface area contributed by atoms with Gasteiger partial charge in [0.2, 0.25) is 0 Å². The summed E-state index contributed by atoms with van der Waals surface area (Å²) in [5.74, 6) is -0.0876. The van der Waals surface area contributed by atoms with E-state index >= 15 is 0 Å². The number of hydrogen-bond donors (Lipinski definition) is 1. The maximum atomic E-state index is 10.7. The van der Waals surface area contributed by atoms with Gasteiger partial charge in [0.15, 0.2) is 0 Å². The molecule has 0 aromatic heterocycles. The molecule has 14 heavy (non-hydrogen) atoms. The second-order valence-corrected chi connectivity index (χ2v) is 2.94. The number of nitro groups is 1. The molecular weight excluding hydrogens is 182 g/mol. The molecule has 0 aliphatic heterocycles. The van der Waals surface area contributed by atoms with Crippen molar-refractivity contribution in [2.75, 3.05) is 0 Å². The lowest BCUT2D eigenvalue weighted by Crippen LogP contribution is -1.89. The Bertz CT molecular complexity index is 508. The molecule has 0 amide bonds. The fourth-order valence-electron chi connectivity index (χ4n) is 1.43. The molecule has 0 atom stereocenters. The molecule has 0 radical (unpaired) electrons. The van der Waals surface area contributed by atoms with Gasteiger partial charge in [0.05, 0.1) is 16.4 Å². The lowest BCUT2D eigenvalue weighted by Gasteiger charge is -1.99. The van der Waals surface area contributed by atoms with Gasteiger partial charge >= 0.3 is 0 Å². The van der Waals surface area contributed by atoms with E-state index in [1.165, 1.54) is 6.07 Å². The van der Waals surface area contributed by atoms with Crippen LogP contribution in [0.25, 0.3) is 10.8 Å². The Morgan fingerprint density at radius 3 is 2.64 bits per heavy atom. The van der Waals surface area contributed by atoms with E-state index in [0.717, 1.165) is 6.07 Å².